The zero-order valence-electron chi connectivity index (χ0n) is 18.7. The molecular formula is C28H22F6O2. The molecule has 2 nitrogen and oxygen atoms in total. The van der Waals surface area contributed by atoms with E-state index >= 15 is 0 Å². The first-order chi connectivity index (χ1) is 17.1. The second kappa shape index (κ2) is 13.3. The first-order valence-corrected chi connectivity index (χ1v) is 10.5. The number of rotatable bonds is 4. The van der Waals surface area contributed by atoms with Gasteiger partial charge in [-0.1, -0.05) is 121 Å². The average molecular weight is 504 g/mol. The number of carbonyl (C=O) groups is 1. The zero-order chi connectivity index (χ0) is 26.6. The van der Waals surface area contributed by atoms with Crippen LogP contribution < -0.4 is 0 Å². The van der Waals surface area contributed by atoms with E-state index in [9.17, 15) is 36.2 Å². The molecule has 0 radical (unpaired) electrons. The number of hydrogen-bond donors (Lipinski definition) is 1. The van der Waals surface area contributed by atoms with Gasteiger partial charge in [-0.15, -0.1) is 0 Å². The summed E-state index contributed by atoms with van der Waals surface area (Å²) in [5.41, 5.74) is -1.89. The van der Waals surface area contributed by atoms with Crippen molar-refractivity contribution in [2.75, 3.05) is 0 Å². The van der Waals surface area contributed by atoms with E-state index in [1.165, 1.54) is 48.5 Å². The van der Waals surface area contributed by atoms with Crippen molar-refractivity contribution in [1.82, 2.24) is 0 Å². The van der Waals surface area contributed by atoms with Crippen LogP contribution in [0.5, 0.6) is 0 Å². The molecule has 8 heteroatoms. The lowest BCUT2D eigenvalue weighted by atomic mass is 9.86. The SMILES string of the molecule is FC(F)F.O=C(c1ccccc1)c1ccccc1.OC(c1ccccc1)(c1ccccc1)C(F)(F)F. The van der Waals surface area contributed by atoms with Gasteiger partial charge in [-0.05, 0) is 11.1 Å². The Hall–Kier alpha value is -3.91. The smallest absolute Gasteiger partial charge is 0.372 e. The number of alkyl halides is 6. The number of hydrogen-bond acceptors (Lipinski definition) is 2. The quantitative estimate of drug-likeness (QED) is 0.230. The van der Waals surface area contributed by atoms with Crippen molar-refractivity contribution in [2.45, 2.75) is 18.5 Å². The van der Waals surface area contributed by atoms with Crippen LogP contribution in [0.25, 0.3) is 0 Å². The molecule has 4 rings (SSSR count). The average Bonchev–Trinajstić information content (AvgIpc) is 2.89. The Labute approximate surface area is 204 Å². The van der Waals surface area contributed by atoms with Crippen LogP contribution in [0, 0.1) is 0 Å². The Balaban J connectivity index is 0.000000226. The lowest BCUT2D eigenvalue weighted by Gasteiger charge is -2.31. The van der Waals surface area contributed by atoms with Crippen LogP contribution >= 0.6 is 0 Å². The first-order valence-electron chi connectivity index (χ1n) is 10.5. The molecule has 0 unspecified atom stereocenters. The van der Waals surface area contributed by atoms with E-state index in [0.717, 1.165) is 11.1 Å². The van der Waals surface area contributed by atoms with Gasteiger partial charge >= 0.3 is 12.9 Å². The second-order valence-corrected chi connectivity index (χ2v) is 7.25. The molecular weight excluding hydrogens is 482 g/mol. The molecule has 0 fully saturated rings. The van der Waals surface area contributed by atoms with E-state index in [-0.39, 0.29) is 16.9 Å². The van der Waals surface area contributed by atoms with Crippen LogP contribution in [-0.2, 0) is 5.60 Å². The van der Waals surface area contributed by atoms with E-state index in [2.05, 4.69) is 0 Å². The topological polar surface area (TPSA) is 37.3 Å². The number of benzene rings is 4. The lowest BCUT2D eigenvalue weighted by Crippen LogP contribution is -2.43. The summed E-state index contributed by atoms with van der Waals surface area (Å²) in [6.45, 7) is -3.67. The molecule has 0 saturated carbocycles. The highest BCUT2D eigenvalue weighted by Crippen LogP contribution is 2.43. The fraction of sp³-hybridized carbons (Fsp3) is 0.107. The van der Waals surface area contributed by atoms with Gasteiger partial charge in [0.25, 0.3) is 0 Å². The van der Waals surface area contributed by atoms with Crippen molar-refractivity contribution in [3.05, 3.63) is 144 Å². The summed E-state index contributed by atoms with van der Waals surface area (Å²) in [4.78, 5) is 11.8. The molecule has 0 atom stereocenters. The van der Waals surface area contributed by atoms with Gasteiger partial charge in [0.05, 0.1) is 0 Å². The largest absolute Gasteiger partial charge is 0.425 e. The van der Waals surface area contributed by atoms with Crippen molar-refractivity contribution in [2.24, 2.45) is 0 Å². The minimum absolute atomic E-state index is 0.0752. The molecule has 4 aromatic rings. The summed E-state index contributed by atoms with van der Waals surface area (Å²) in [7, 11) is 0. The summed E-state index contributed by atoms with van der Waals surface area (Å²) in [5, 5.41) is 10.2. The van der Waals surface area contributed by atoms with Gasteiger partial charge in [-0.25, -0.2) is 0 Å². The molecule has 188 valence electrons. The van der Waals surface area contributed by atoms with Gasteiger partial charge in [-0.3, -0.25) is 4.79 Å². The fourth-order valence-corrected chi connectivity index (χ4v) is 3.20. The van der Waals surface area contributed by atoms with E-state index in [1.807, 2.05) is 60.7 Å². The molecule has 0 aliphatic carbocycles. The molecule has 0 aliphatic rings. The maximum absolute atomic E-state index is 13.2. The molecule has 0 aliphatic heterocycles. The van der Waals surface area contributed by atoms with Gasteiger partial charge in [0.2, 0.25) is 5.60 Å². The predicted octanol–water partition coefficient (Wildman–Crippen LogP) is 7.58. The van der Waals surface area contributed by atoms with Crippen molar-refractivity contribution in [1.29, 1.82) is 0 Å². The van der Waals surface area contributed by atoms with Crippen molar-refractivity contribution in [3.8, 4) is 0 Å². The van der Waals surface area contributed by atoms with Crippen LogP contribution in [0.15, 0.2) is 121 Å². The maximum atomic E-state index is 13.2. The Bertz CT molecular complexity index is 1080. The number of ketones is 1. The lowest BCUT2D eigenvalue weighted by molar-refractivity contribution is -0.248. The van der Waals surface area contributed by atoms with Gasteiger partial charge in [0, 0.05) is 11.1 Å². The Morgan fingerprint density at radius 2 is 0.806 bits per heavy atom. The molecule has 1 N–H and O–H groups in total. The predicted molar refractivity (Wildman–Crippen MR) is 125 cm³/mol. The fourth-order valence-electron chi connectivity index (χ4n) is 3.20. The van der Waals surface area contributed by atoms with Crippen LogP contribution in [-0.4, -0.2) is 23.7 Å². The summed E-state index contributed by atoms with van der Waals surface area (Å²) >= 11 is 0. The molecule has 0 amide bonds. The van der Waals surface area contributed by atoms with E-state index in [0.29, 0.717) is 0 Å². The molecule has 4 aromatic carbocycles. The highest BCUT2D eigenvalue weighted by Gasteiger charge is 2.56. The number of halogens is 6. The van der Waals surface area contributed by atoms with Crippen molar-refractivity contribution >= 4 is 5.78 Å². The third kappa shape index (κ3) is 7.81. The maximum Gasteiger partial charge on any atom is 0.425 e. The number of carbonyl (C=O) groups excluding carboxylic acids is 1. The third-order valence-electron chi connectivity index (χ3n) is 4.87. The number of aliphatic hydroxyl groups is 1. The Kier molecular flexibility index (Phi) is 10.4. The minimum Gasteiger partial charge on any atom is -0.372 e. The van der Waals surface area contributed by atoms with Crippen LogP contribution in [0.3, 0.4) is 0 Å². The monoisotopic (exact) mass is 504 g/mol. The summed E-state index contributed by atoms with van der Waals surface area (Å²) in [6.07, 6.45) is -4.78. The normalized spacial score (nSPS) is 11.0. The van der Waals surface area contributed by atoms with Crippen molar-refractivity contribution < 1.29 is 36.2 Å². The first kappa shape index (κ1) is 28.3. The molecule has 36 heavy (non-hydrogen) atoms. The standard InChI is InChI=1S/C14H11F3O.C13H10O.CHF3/c15-14(16,17)13(18,11-7-3-1-4-8-11)12-9-5-2-6-10-12;14-13(11-7-3-1-4-8-11)12-9-5-2-6-10-12;2-1(3)4/h1-10,18H;1-10H;1H. The summed E-state index contributed by atoms with van der Waals surface area (Å²) in [6, 6.07) is 32.7. The molecule has 0 aromatic heterocycles. The van der Waals surface area contributed by atoms with E-state index in [1.54, 1.807) is 12.1 Å². The zero-order valence-corrected chi connectivity index (χ0v) is 18.7. The molecule has 0 heterocycles. The van der Waals surface area contributed by atoms with Gasteiger partial charge in [0.1, 0.15) is 0 Å². The molecule has 0 bridgehead atoms. The molecule has 0 spiro atoms. The minimum atomic E-state index is -4.78. The Morgan fingerprint density at radius 1 is 0.556 bits per heavy atom. The van der Waals surface area contributed by atoms with Crippen LogP contribution in [0.1, 0.15) is 27.0 Å². The summed E-state index contributed by atoms with van der Waals surface area (Å²) in [5.74, 6) is 0.0752. The summed E-state index contributed by atoms with van der Waals surface area (Å²) < 4.78 is 68.7. The highest BCUT2D eigenvalue weighted by molar-refractivity contribution is 6.08. The van der Waals surface area contributed by atoms with Crippen molar-refractivity contribution in [3.63, 3.8) is 0 Å². The van der Waals surface area contributed by atoms with Gasteiger partial charge in [-0.2, -0.15) is 26.3 Å². The third-order valence-corrected chi connectivity index (χ3v) is 4.87. The van der Waals surface area contributed by atoms with E-state index in [4.69, 9.17) is 0 Å². The van der Waals surface area contributed by atoms with Crippen LogP contribution in [0.2, 0.25) is 0 Å². The van der Waals surface area contributed by atoms with E-state index < -0.39 is 18.5 Å². The highest BCUT2D eigenvalue weighted by atomic mass is 19.4. The van der Waals surface area contributed by atoms with Gasteiger partial charge < -0.3 is 5.11 Å². The Morgan fingerprint density at radius 3 is 1.06 bits per heavy atom. The molecule has 0 saturated heterocycles. The second-order valence-electron chi connectivity index (χ2n) is 7.25. The van der Waals surface area contributed by atoms with Gasteiger partial charge in [0.15, 0.2) is 5.78 Å². The van der Waals surface area contributed by atoms with Crippen LogP contribution in [0.4, 0.5) is 26.3 Å².